The fraction of sp³-hybridized carbons (Fsp3) is 0.588. The highest BCUT2D eigenvalue weighted by Crippen LogP contribution is 2.29. The molecule has 2 atom stereocenters. The summed E-state index contributed by atoms with van der Waals surface area (Å²) < 4.78 is 0. The highest BCUT2D eigenvalue weighted by atomic mass is 14.3. The lowest BCUT2D eigenvalue weighted by atomic mass is 9.82. The van der Waals surface area contributed by atoms with Gasteiger partial charge in [-0.1, -0.05) is 65.3 Å². The molecule has 0 heterocycles. The van der Waals surface area contributed by atoms with E-state index in [0.717, 1.165) is 18.4 Å². The van der Waals surface area contributed by atoms with Gasteiger partial charge in [-0.2, -0.15) is 5.26 Å². The Morgan fingerprint density at radius 2 is 1.72 bits per heavy atom. The van der Waals surface area contributed by atoms with Crippen LogP contribution in [-0.2, 0) is 5.41 Å². The van der Waals surface area contributed by atoms with E-state index in [2.05, 4.69) is 65.0 Å². The van der Waals surface area contributed by atoms with Gasteiger partial charge < -0.3 is 0 Å². The van der Waals surface area contributed by atoms with Crippen molar-refractivity contribution in [2.45, 2.75) is 58.8 Å². The SMILES string of the molecule is CCCC(C)C(C#N)c1ccc(C(C)(C)C)cc1. The first-order valence-corrected chi connectivity index (χ1v) is 6.90. The third-order valence-corrected chi connectivity index (χ3v) is 3.59. The molecule has 1 aromatic carbocycles. The molecule has 98 valence electrons. The molecule has 0 radical (unpaired) electrons. The van der Waals surface area contributed by atoms with Gasteiger partial charge in [-0.3, -0.25) is 0 Å². The van der Waals surface area contributed by atoms with Gasteiger partial charge >= 0.3 is 0 Å². The van der Waals surface area contributed by atoms with Crippen LogP contribution < -0.4 is 0 Å². The van der Waals surface area contributed by atoms with E-state index in [1.165, 1.54) is 5.56 Å². The Hall–Kier alpha value is -1.29. The summed E-state index contributed by atoms with van der Waals surface area (Å²) in [4.78, 5) is 0. The minimum Gasteiger partial charge on any atom is -0.198 e. The summed E-state index contributed by atoms with van der Waals surface area (Å²) in [7, 11) is 0. The molecule has 0 aliphatic carbocycles. The molecule has 0 bridgehead atoms. The Labute approximate surface area is 112 Å². The Bertz CT molecular complexity index is 403. The second kappa shape index (κ2) is 6.05. The Morgan fingerprint density at radius 3 is 2.11 bits per heavy atom. The molecule has 0 saturated carbocycles. The number of nitriles is 1. The lowest BCUT2D eigenvalue weighted by Gasteiger charge is -2.21. The summed E-state index contributed by atoms with van der Waals surface area (Å²) >= 11 is 0. The number of nitrogens with zero attached hydrogens (tertiary/aromatic N) is 1. The summed E-state index contributed by atoms with van der Waals surface area (Å²) in [5, 5.41) is 9.36. The zero-order valence-corrected chi connectivity index (χ0v) is 12.3. The zero-order chi connectivity index (χ0) is 13.8. The third kappa shape index (κ3) is 3.60. The predicted molar refractivity (Wildman–Crippen MR) is 77.6 cm³/mol. The van der Waals surface area contributed by atoms with Crippen molar-refractivity contribution < 1.29 is 0 Å². The smallest absolute Gasteiger partial charge is 0.0738 e. The van der Waals surface area contributed by atoms with Crippen LogP contribution in [0.3, 0.4) is 0 Å². The number of rotatable bonds is 4. The van der Waals surface area contributed by atoms with E-state index < -0.39 is 0 Å². The zero-order valence-electron chi connectivity index (χ0n) is 12.3. The monoisotopic (exact) mass is 243 g/mol. The lowest BCUT2D eigenvalue weighted by molar-refractivity contribution is 0.483. The van der Waals surface area contributed by atoms with Crippen molar-refractivity contribution in [1.29, 1.82) is 5.26 Å². The van der Waals surface area contributed by atoms with Crippen LogP contribution in [0.2, 0.25) is 0 Å². The van der Waals surface area contributed by atoms with Gasteiger partial charge in [0.05, 0.1) is 12.0 Å². The standard InChI is InChI=1S/C17H25N/c1-6-7-13(2)16(12-18)14-8-10-15(11-9-14)17(3,4)5/h8-11,13,16H,6-7H2,1-5H3. The van der Waals surface area contributed by atoms with E-state index in [4.69, 9.17) is 0 Å². The lowest BCUT2D eigenvalue weighted by Crippen LogP contribution is -2.12. The molecule has 0 aliphatic rings. The number of hydrogen-bond acceptors (Lipinski definition) is 1. The normalized spacial score (nSPS) is 14.9. The molecular formula is C17H25N. The van der Waals surface area contributed by atoms with E-state index in [1.807, 2.05) is 0 Å². The van der Waals surface area contributed by atoms with E-state index >= 15 is 0 Å². The molecule has 1 aromatic rings. The van der Waals surface area contributed by atoms with Crippen LogP contribution in [0, 0.1) is 17.2 Å². The third-order valence-electron chi connectivity index (χ3n) is 3.59. The van der Waals surface area contributed by atoms with Crippen molar-refractivity contribution in [1.82, 2.24) is 0 Å². The molecule has 0 saturated heterocycles. The van der Waals surface area contributed by atoms with Crippen LogP contribution in [0.4, 0.5) is 0 Å². The Balaban J connectivity index is 2.93. The molecule has 0 aliphatic heterocycles. The van der Waals surface area contributed by atoms with Crippen molar-refractivity contribution in [3.63, 3.8) is 0 Å². The average molecular weight is 243 g/mol. The van der Waals surface area contributed by atoms with Crippen LogP contribution in [-0.4, -0.2) is 0 Å². The van der Waals surface area contributed by atoms with Crippen molar-refractivity contribution in [3.05, 3.63) is 35.4 Å². The summed E-state index contributed by atoms with van der Waals surface area (Å²) in [5.41, 5.74) is 2.66. The van der Waals surface area contributed by atoms with Crippen molar-refractivity contribution >= 4 is 0 Å². The predicted octanol–water partition coefficient (Wildman–Crippen LogP) is 5.03. The van der Waals surface area contributed by atoms with Crippen LogP contribution in [0.15, 0.2) is 24.3 Å². The minimum atomic E-state index is 0.0268. The molecular weight excluding hydrogens is 218 g/mol. The van der Waals surface area contributed by atoms with Crippen LogP contribution >= 0.6 is 0 Å². The molecule has 2 unspecified atom stereocenters. The van der Waals surface area contributed by atoms with E-state index in [0.29, 0.717) is 5.92 Å². The molecule has 0 N–H and O–H groups in total. The Kier molecular flexibility index (Phi) is 4.96. The average Bonchev–Trinajstić information content (AvgIpc) is 2.30. The molecule has 0 fully saturated rings. The van der Waals surface area contributed by atoms with Crippen molar-refractivity contribution in [2.24, 2.45) is 5.92 Å². The topological polar surface area (TPSA) is 23.8 Å². The van der Waals surface area contributed by atoms with Gasteiger partial charge in [0.25, 0.3) is 0 Å². The first kappa shape index (κ1) is 14.8. The molecule has 18 heavy (non-hydrogen) atoms. The van der Waals surface area contributed by atoms with Crippen LogP contribution in [0.1, 0.15) is 64.5 Å². The second-order valence-corrected chi connectivity index (χ2v) is 6.24. The maximum atomic E-state index is 9.36. The first-order valence-electron chi connectivity index (χ1n) is 6.90. The van der Waals surface area contributed by atoms with Gasteiger partial charge in [0.1, 0.15) is 0 Å². The van der Waals surface area contributed by atoms with E-state index in [9.17, 15) is 5.26 Å². The van der Waals surface area contributed by atoms with Crippen molar-refractivity contribution in [3.8, 4) is 6.07 Å². The highest BCUT2D eigenvalue weighted by molar-refractivity contribution is 5.32. The molecule has 1 heteroatoms. The fourth-order valence-electron chi connectivity index (χ4n) is 2.34. The van der Waals surface area contributed by atoms with Gasteiger partial charge in [0, 0.05) is 0 Å². The maximum absolute atomic E-state index is 9.36. The second-order valence-electron chi connectivity index (χ2n) is 6.24. The molecule has 1 rings (SSSR count). The van der Waals surface area contributed by atoms with Gasteiger partial charge in [-0.05, 0) is 28.9 Å². The molecule has 0 aromatic heterocycles. The van der Waals surface area contributed by atoms with E-state index in [1.54, 1.807) is 0 Å². The number of hydrogen-bond donors (Lipinski definition) is 0. The molecule has 0 amide bonds. The van der Waals surface area contributed by atoms with Gasteiger partial charge in [-0.25, -0.2) is 0 Å². The highest BCUT2D eigenvalue weighted by Gasteiger charge is 2.19. The minimum absolute atomic E-state index is 0.0268. The first-order chi connectivity index (χ1) is 8.40. The summed E-state index contributed by atoms with van der Waals surface area (Å²) in [5.74, 6) is 0.458. The number of benzene rings is 1. The molecule has 0 spiro atoms. The summed E-state index contributed by atoms with van der Waals surface area (Å²) in [6, 6.07) is 11.0. The quantitative estimate of drug-likeness (QED) is 0.727. The van der Waals surface area contributed by atoms with Gasteiger partial charge in [0.15, 0.2) is 0 Å². The summed E-state index contributed by atoms with van der Waals surface area (Å²) in [6.07, 6.45) is 2.25. The van der Waals surface area contributed by atoms with Crippen LogP contribution in [0.25, 0.3) is 0 Å². The van der Waals surface area contributed by atoms with E-state index in [-0.39, 0.29) is 11.3 Å². The van der Waals surface area contributed by atoms with Gasteiger partial charge in [0.2, 0.25) is 0 Å². The molecule has 1 nitrogen and oxygen atoms in total. The Morgan fingerprint density at radius 1 is 1.17 bits per heavy atom. The fourth-order valence-corrected chi connectivity index (χ4v) is 2.34. The summed E-state index contributed by atoms with van der Waals surface area (Å²) in [6.45, 7) is 11.0. The largest absolute Gasteiger partial charge is 0.198 e. The van der Waals surface area contributed by atoms with Gasteiger partial charge in [-0.15, -0.1) is 0 Å². The van der Waals surface area contributed by atoms with Crippen LogP contribution in [0.5, 0.6) is 0 Å². The maximum Gasteiger partial charge on any atom is 0.0738 e. The van der Waals surface area contributed by atoms with Crippen molar-refractivity contribution in [2.75, 3.05) is 0 Å².